The molecule has 0 unspecified atom stereocenters. The summed E-state index contributed by atoms with van der Waals surface area (Å²) in [5, 5.41) is 1.83. The van der Waals surface area contributed by atoms with Gasteiger partial charge >= 0.3 is 10.1 Å². The van der Waals surface area contributed by atoms with E-state index in [0.29, 0.717) is 23.7 Å². The number of hydrogen-bond donors (Lipinski definition) is 1. The number of rotatable bonds is 7. The zero-order valence-electron chi connectivity index (χ0n) is 14.9. The minimum atomic E-state index is -3.60. The second-order valence-corrected chi connectivity index (χ2v) is 8.50. The monoisotopic (exact) mass is 419 g/mol. The molecule has 0 spiro atoms. The standard InChI is InChI=1S/C19H17NO6S2/c1-28(23,24)26-16-5-3-2-4-14(16)10-11-25-15-8-6-13(7-9-15)12-17-18(21)20-19(22)27-17/h2-9,12H,10-11H2,1H3,(H,20,21,22). The Morgan fingerprint density at radius 2 is 1.79 bits per heavy atom. The summed E-state index contributed by atoms with van der Waals surface area (Å²) < 4.78 is 33.4. The van der Waals surface area contributed by atoms with Crippen molar-refractivity contribution in [1.82, 2.24) is 5.32 Å². The first-order chi connectivity index (χ1) is 13.3. The first-order valence-electron chi connectivity index (χ1n) is 8.25. The predicted octanol–water partition coefficient (Wildman–Crippen LogP) is 2.97. The molecule has 1 aliphatic rings. The normalized spacial score (nSPS) is 15.5. The van der Waals surface area contributed by atoms with Crippen LogP contribution in [-0.4, -0.2) is 32.4 Å². The van der Waals surface area contributed by atoms with E-state index in [4.69, 9.17) is 8.92 Å². The molecular weight excluding hydrogens is 402 g/mol. The summed E-state index contributed by atoms with van der Waals surface area (Å²) in [5.41, 5.74) is 1.50. The van der Waals surface area contributed by atoms with Crippen molar-refractivity contribution in [2.75, 3.05) is 12.9 Å². The zero-order chi connectivity index (χ0) is 20.1. The van der Waals surface area contributed by atoms with Gasteiger partial charge in [0.1, 0.15) is 11.5 Å². The van der Waals surface area contributed by atoms with Crippen LogP contribution >= 0.6 is 11.8 Å². The van der Waals surface area contributed by atoms with Crippen LogP contribution in [0, 0.1) is 0 Å². The van der Waals surface area contributed by atoms with Gasteiger partial charge in [-0.15, -0.1) is 0 Å². The number of hydrogen-bond acceptors (Lipinski definition) is 7. The summed E-state index contributed by atoms with van der Waals surface area (Å²) in [7, 11) is -3.60. The highest BCUT2D eigenvalue weighted by molar-refractivity contribution is 8.18. The Morgan fingerprint density at radius 3 is 2.43 bits per heavy atom. The van der Waals surface area contributed by atoms with Crippen molar-refractivity contribution >= 4 is 39.1 Å². The molecule has 2 amide bonds. The third-order valence-electron chi connectivity index (χ3n) is 3.67. The van der Waals surface area contributed by atoms with Gasteiger partial charge in [0.25, 0.3) is 11.1 Å². The van der Waals surface area contributed by atoms with Crippen molar-refractivity contribution in [3.63, 3.8) is 0 Å². The van der Waals surface area contributed by atoms with Crippen LogP contribution < -0.4 is 14.2 Å². The van der Waals surface area contributed by atoms with Crippen molar-refractivity contribution in [3.8, 4) is 11.5 Å². The Morgan fingerprint density at radius 1 is 1.07 bits per heavy atom. The lowest BCUT2D eigenvalue weighted by Crippen LogP contribution is -2.17. The largest absolute Gasteiger partial charge is 0.493 e. The lowest BCUT2D eigenvalue weighted by atomic mass is 10.1. The van der Waals surface area contributed by atoms with Gasteiger partial charge in [-0.3, -0.25) is 14.9 Å². The van der Waals surface area contributed by atoms with E-state index in [9.17, 15) is 18.0 Å². The van der Waals surface area contributed by atoms with Crippen molar-refractivity contribution in [2.24, 2.45) is 0 Å². The van der Waals surface area contributed by atoms with E-state index >= 15 is 0 Å². The Balaban J connectivity index is 1.58. The maximum atomic E-state index is 11.6. The molecule has 1 fully saturated rings. The van der Waals surface area contributed by atoms with Gasteiger partial charge in [0, 0.05) is 6.42 Å². The van der Waals surface area contributed by atoms with E-state index < -0.39 is 16.0 Å². The first-order valence-corrected chi connectivity index (χ1v) is 10.9. The molecular formula is C19H17NO6S2. The fraction of sp³-hybridized carbons (Fsp3) is 0.158. The highest BCUT2D eigenvalue weighted by Gasteiger charge is 2.24. The van der Waals surface area contributed by atoms with E-state index in [-0.39, 0.29) is 11.0 Å². The summed E-state index contributed by atoms with van der Waals surface area (Å²) in [6.45, 7) is 0.331. The molecule has 0 bridgehead atoms. The fourth-order valence-corrected chi connectivity index (χ4v) is 3.64. The van der Waals surface area contributed by atoms with Gasteiger partial charge in [-0.05, 0) is 47.2 Å². The number of amides is 2. The van der Waals surface area contributed by atoms with Crippen LogP contribution in [0.15, 0.2) is 53.4 Å². The molecule has 1 aliphatic heterocycles. The number of nitrogens with one attached hydrogen (secondary N) is 1. The van der Waals surface area contributed by atoms with E-state index in [1.54, 1.807) is 54.6 Å². The molecule has 2 aromatic carbocycles. The van der Waals surface area contributed by atoms with Gasteiger partial charge in [-0.2, -0.15) is 8.42 Å². The van der Waals surface area contributed by atoms with Crippen LogP contribution in [0.4, 0.5) is 4.79 Å². The average molecular weight is 419 g/mol. The molecule has 146 valence electrons. The van der Waals surface area contributed by atoms with Crippen LogP contribution in [0.3, 0.4) is 0 Å². The fourth-order valence-electron chi connectivity index (χ4n) is 2.47. The molecule has 1 heterocycles. The Hall–Kier alpha value is -2.78. The van der Waals surface area contributed by atoms with Gasteiger partial charge in [-0.25, -0.2) is 0 Å². The number of benzene rings is 2. The van der Waals surface area contributed by atoms with E-state index in [0.717, 1.165) is 29.1 Å². The Bertz CT molecular complexity index is 1030. The van der Waals surface area contributed by atoms with Gasteiger partial charge in [0.15, 0.2) is 0 Å². The van der Waals surface area contributed by atoms with Gasteiger partial charge in [-0.1, -0.05) is 30.3 Å². The average Bonchev–Trinajstić information content (AvgIpc) is 2.94. The maximum absolute atomic E-state index is 11.6. The number of carbonyl (C=O) groups excluding carboxylic acids is 2. The van der Waals surface area contributed by atoms with Crippen molar-refractivity contribution in [3.05, 3.63) is 64.6 Å². The van der Waals surface area contributed by atoms with E-state index in [2.05, 4.69) is 5.32 Å². The lowest BCUT2D eigenvalue weighted by molar-refractivity contribution is -0.115. The maximum Gasteiger partial charge on any atom is 0.306 e. The summed E-state index contributed by atoms with van der Waals surface area (Å²) >= 11 is 0.865. The number of imide groups is 1. The Labute approximate surface area is 166 Å². The molecule has 0 aliphatic carbocycles. The quantitative estimate of drug-likeness (QED) is 0.544. The van der Waals surface area contributed by atoms with Gasteiger partial charge < -0.3 is 8.92 Å². The molecule has 9 heteroatoms. The number of para-hydroxylation sites is 1. The number of ether oxygens (including phenoxy) is 1. The van der Waals surface area contributed by atoms with Crippen molar-refractivity contribution < 1.29 is 26.9 Å². The molecule has 1 saturated heterocycles. The molecule has 0 aromatic heterocycles. The summed E-state index contributed by atoms with van der Waals surface area (Å²) in [5.74, 6) is 0.519. The van der Waals surface area contributed by atoms with E-state index in [1.807, 2.05) is 0 Å². The van der Waals surface area contributed by atoms with Gasteiger partial charge in [0.05, 0.1) is 17.8 Å². The molecule has 0 saturated carbocycles. The molecule has 7 nitrogen and oxygen atoms in total. The summed E-state index contributed by atoms with van der Waals surface area (Å²) in [4.78, 5) is 23.1. The van der Waals surface area contributed by atoms with Crippen LogP contribution in [0.25, 0.3) is 6.08 Å². The summed E-state index contributed by atoms with van der Waals surface area (Å²) in [6.07, 6.45) is 3.10. The van der Waals surface area contributed by atoms with Crippen LogP contribution in [0.5, 0.6) is 11.5 Å². The molecule has 1 N–H and O–H groups in total. The third-order valence-corrected chi connectivity index (χ3v) is 4.97. The third kappa shape index (κ3) is 5.61. The molecule has 0 atom stereocenters. The van der Waals surface area contributed by atoms with Crippen LogP contribution in [-0.2, 0) is 21.3 Å². The highest BCUT2D eigenvalue weighted by atomic mass is 32.2. The molecule has 3 rings (SSSR count). The first kappa shape index (κ1) is 20.0. The van der Waals surface area contributed by atoms with E-state index in [1.165, 1.54) is 0 Å². The smallest absolute Gasteiger partial charge is 0.306 e. The second kappa shape index (κ2) is 8.49. The molecule has 28 heavy (non-hydrogen) atoms. The number of thioether (sulfide) groups is 1. The molecule has 2 aromatic rings. The molecule has 0 radical (unpaired) electrons. The minimum Gasteiger partial charge on any atom is -0.493 e. The predicted molar refractivity (Wildman–Crippen MR) is 107 cm³/mol. The van der Waals surface area contributed by atoms with Gasteiger partial charge in [0.2, 0.25) is 0 Å². The zero-order valence-corrected chi connectivity index (χ0v) is 16.5. The second-order valence-electron chi connectivity index (χ2n) is 5.91. The highest BCUT2D eigenvalue weighted by Crippen LogP contribution is 2.26. The van der Waals surface area contributed by atoms with Crippen LogP contribution in [0.2, 0.25) is 0 Å². The van der Waals surface area contributed by atoms with Crippen molar-refractivity contribution in [1.29, 1.82) is 0 Å². The number of carbonyl (C=O) groups is 2. The lowest BCUT2D eigenvalue weighted by Gasteiger charge is -2.10. The van der Waals surface area contributed by atoms with Crippen LogP contribution in [0.1, 0.15) is 11.1 Å². The summed E-state index contributed by atoms with van der Waals surface area (Å²) in [6, 6.07) is 13.9. The minimum absolute atomic E-state index is 0.289. The van der Waals surface area contributed by atoms with Crippen molar-refractivity contribution in [2.45, 2.75) is 6.42 Å². The Kier molecular flexibility index (Phi) is 6.05. The topological polar surface area (TPSA) is 98.8 Å². The SMILES string of the molecule is CS(=O)(=O)Oc1ccccc1CCOc1ccc(C=C2SC(=O)NC2=O)cc1.